The van der Waals surface area contributed by atoms with Gasteiger partial charge >= 0.3 is 0 Å². The molecule has 90 valence electrons. The lowest BCUT2D eigenvalue weighted by Gasteiger charge is -2.14. The summed E-state index contributed by atoms with van der Waals surface area (Å²) in [5.41, 5.74) is 1.04. The molecule has 1 aliphatic rings. The number of aromatic nitrogens is 2. The average molecular weight is 241 g/mol. The molecule has 1 N–H and O–H groups in total. The monoisotopic (exact) mass is 241 g/mol. The van der Waals surface area contributed by atoms with Gasteiger partial charge < -0.3 is 9.88 Å². The Balaban J connectivity index is 2.05. The number of aryl methyl sites for hydroxylation is 1. The molecule has 5 heteroatoms. The first-order valence-electron chi connectivity index (χ1n) is 5.68. The van der Waals surface area contributed by atoms with E-state index in [2.05, 4.69) is 21.1 Å². The third kappa shape index (κ3) is 2.84. The topological polar surface area (TPSA) is 46.9 Å². The van der Waals surface area contributed by atoms with Crippen LogP contribution in [0.2, 0.25) is 0 Å². The fraction of sp³-hybridized carbons (Fsp3) is 0.727. The standard InChI is InChI=1S/C11H19N3OS/c1-8-6-14(10-4-5-10)11(12-8)13-9(2)7-16(3)15/h6,9-10H,4-5,7H2,1-3H3,(H,12,13). The zero-order chi connectivity index (χ0) is 11.7. The van der Waals surface area contributed by atoms with E-state index < -0.39 is 10.8 Å². The Bertz CT molecular complexity index is 398. The molecule has 0 bridgehead atoms. The summed E-state index contributed by atoms with van der Waals surface area (Å²) >= 11 is 0. The third-order valence-electron chi connectivity index (χ3n) is 2.65. The number of hydrogen-bond donors (Lipinski definition) is 1. The smallest absolute Gasteiger partial charge is 0.203 e. The normalized spacial score (nSPS) is 19.4. The van der Waals surface area contributed by atoms with Crippen LogP contribution in [-0.2, 0) is 10.8 Å². The van der Waals surface area contributed by atoms with Crippen LogP contribution in [-0.4, -0.2) is 31.8 Å². The molecule has 0 aromatic carbocycles. The summed E-state index contributed by atoms with van der Waals surface area (Å²) in [6.07, 6.45) is 6.32. The first-order chi connectivity index (χ1) is 7.56. The van der Waals surface area contributed by atoms with Crippen LogP contribution >= 0.6 is 0 Å². The maximum absolute atomic E-state index is 11.1. The maximum atomic E-state index is 11.1. The van der Waals surface area contributed by atoms with E-state index >= 15 is 0 Å². The van der Waals surface area contributed by atoms with Crippen molar-refractivity contribution >= 4 is 16.7 Å². The molecule has 0 saturated heterocycles. The molecule has 0 radical (unpaired) electrons. The lowest BCUT2D eigenvalue weighted by atomic mass is 10.4. The third-order valence-corrected chi connectivity index (χ3v) is 3.62. The second-order valence-electron chi connectivity index (χ2n) is 4.63. The highest BCUT2D eigenvalue weighted by molar-refractivity contribution is 7.84. The Hall–Kier alpha value is -0.840. The van der Waals surface area contributed by atoms with Gasteiger partial charge in [-0.3, -0.25) is 4.21 Å². The molecule has 1 saturated carbocycles. The van der Waals surface area contributed by atoms with Gasteiger partial charge in [0.15, 0.2) is 0 Å². The van der Waals surface area contributed by atoms with Crippen LogP contribution in [0.4, 0.5) is 5.95 Å². The van der Waals surface area contributed by atoms with Crippen molar-refractivity contribution in [3.05, 3.63) is 11.9 Å². The van der Waals surface area contributed by atoms with Crippen molar-refractivity contribution in [2.24, 2.45) is 0 Å². The van der Waals surface area contributed by atoms with Crippen molar-refractivity contribution in [2.75, 3.05) is 17.3 Å². The number of anilines is 1. The van der Waals surface area contributed by atoms with Gasteiger partial charge in [0, 0.05) is 41.1 Å². The first-order valence-corrected chi connectivity index (χ1v) is 7.41. The quantitative estimate of drug-likeness (QED) is 0.853. The van der Waals surface area contributed by atoms with Gasteiger partial charge in [0.1, 0.15) is 0 Å². The highest BCUT2D eigenvalue weighted by Crippen LogP contribution is 2.37. The van der Waals surface area contributed by atoms with Crippen LogP contribution in [0.15, 0.2) is 6.20 Å². The van der Waals surface area contributed by atoms with Gasteiger partial charge in [0.2, 0.25) is 5.95 Å². The summed E-state index contributed by atoms with van der Waals surface area (Å²) in [5, 5.41) is 3.34. The number of nitrogens with one attached hydrogen (secondary N) is 1. The molecular weight excluding hydrogens is 222 g/mol. The van der Waals surface area contributed by atoms with Crippen molar-refractivity contribution in [1.29, 1.82) is 0 Å². The second kappa shape index (κ2) is 4.57. The van der Waals surface area contributed by atoms with Gasteiger partial charge in [-0.05, 0) is 26.7 Å². The van der Waals surface area contributed by atoms with E-state index in [0.717, 1.165) is 11.6 Å². The number of rotatable bonds is 5. The zero-order valence-electron chi connectivity index (χ0n) is 10.1. The van der Waals surface area contributed by atoms with E-state index in [0.29, 0.717) is 11.8 Å². The molecular formula is C11H19N3OS. The SMILES string of the molecule is Cc1cn(C2CC2)c(NC(C)CS(C)=O)n1. The van der Waals surface area contributed by atoms with Crippen LogP contribution in [0.5, 0.6) is 0 Å². The minimum Gasteiger partial charge on any atom is -0.352 e. The molecule has 0 spiro atoms. The van der Waals surface area contributed by atoms with Crippen molar-refractivity contribution in [3.8, 4) is 0 Å². The minimum absolute atomic E-state index is 0.199. The Morgan fingerprint density at radius 3 is 2.94 bits per heavy atom. The summed E-state index contributed by atoms with van der Waals surface area (Å²) in [6.45, 7) is 4.05. The van der Waals surface area contributed by atoms with Crippen LogP contribution < -0.4 is 5.32 Å². The molecule has 1 aromatic heterocycles. The van der Waals surface area contributed by atoms with Gasteiger partial charge in [-0.25, -0.2) is 4.98 Å². The van der Waals surface area contributed by atoms with Gasteiger partial charge in [-0.2, -0.15) is 0 Å². The molecule has 2 rings (SSSR count). The molecule has 2 atom stereocenters. The van der Waals surface area contributed by atoms with Gasteiger partial charge in [0.05, 0.1) is 5.69 Å². The van der Waals surface area contributed by atoms with Gasteiger partial charge in [-0.1, -0.05) is 0 Å². The molecule has 0 aliphatic heterocycles. The highest BCUT2D eigenvalue weighted by atomic mass is 32.2. The minimum atomic E-state index is -0.764. The van der Waals surface area contributed by atoms with E-state index in [1.807, 2.05) is 13.8 Å². The van der Waals surface area contributed by atoms with Crippen LogP contribution in [0, 0.1) is 6.92 Å². The summed E-state index contributed by atoms with van der Waals surface area (Å²) in [7, 11) is -0.764. The molecule has 1 heterocycles. The largest absolute Gasteiger partial charge is 0.352 e. The predicted molar refractivity (Wildman–Crippen MR) is 67.3 cm³/mol. The summed E-state index contributed by atoms with van der Waals surface area (Å²) in [6, 6.07) is 0.827. The van der Waals surface area contributed by atoms with Crippen LogP contribution in [0.1, 0.15) is 31.5 Å². The molecule has 2 unspecified atom stereocenters. The van der Waals surface area contributed by atoms with E-state index in [1.54, 1.807) is 6.26 Å². The zero-order valence-corrected chi connectivity index (χ0v) is 10.9. The Morgan fingerprint density at radius 1 is 1.69 bits per heavy atom. The Labute approximate surface area is 98.9 Å². The molecule has 16 heavy (non-hydrogen) atoms. The van der Waals surface area contributed by atoms with Crippen molar-refractivity contribution in [3.63, 3.8) is 0 Å². The van der Waals surface area contributed by atoms with Crippen LogP contribution in [0.25, 0.3) is 0 Å². The molecule has 0 amide bonds. The second-order valence-corrected chi connectivity index (χ2v) is 6.11. The maximum Gasteiger partial charge on any atom is 0.203 e. The number of hydrogen-bond acceptors (Lipinski definition) is 3. The van der Waals surface area contributed by atoms with Gasteiger partial charge in [-0.15, -0.1) is 0 Å². The average Bonchev–Trinajstić information content (AvgIpc) is 2.90. The Morgan fingerprint density at radius 2 is 2.38 bits per heavy atom. The highest BCUT2D eigenvalue weighted by Gasteiger charge is 2.26. The van der Waals surface area contributed by atoms with E-state index in [9.17, 15) is 4.21 Å². The van der Waals surface area contributed by atoms with Gasteiger partial charge in [0.25, 0.3) is 0 Å². The lowest BCUT2D eigenvalue weighted by Crippen LogP contribution is -2.24. The lowest BCUT2D eigenvalue weighted by molar-refractivity contribution is 0.681. The molecule has 4 nitrogen and oxygen atoms in total. The predicted octanol–water partition coefficient (Wildman–Crippen LogP) is 1.71. The summed E-state index contributed by atoms with van der Waals surface area (Å²) < 4.78 is 13.3. The fourth-order valence-electron chi connectivity index (χ4n) is 1.87. The van der Waals surface area contributed by atoms with E-state index in [1.165, 1.54) is 12.8 Å². The van der Waals surface area contributed by atoms with E-state index in [4.69, 9.17) is 0 Å². The summed E-state index contributed by atoms with van der Waals surface area (Å²) in [4.78, 5) is 4.47. The number of nitrogens with zero attached hydrogens (tertiary/aromatic N) is 2. The Kier molecular flexibility index (Phi) is 3.33. The van der Waals surface area contributed by atoms with Crippen molar-refractivity contribution < 1.29 is 4.21 Å². The van der Waals surface area contributed by atoms with E-state index in [-0.39, 0.29) is 6.04 Å². The van der Waals surface area contributed by atoms with Crippen molar-refractivity contribution in [1.82, 2.24) is 9.55 Å². The molecule has 1 aromatic rings. The summed E-state index contributed by atoms with van der Waals surface area (Å²) in [5.74, 6) is 1.59. The first kappa shape index (κ1) is 11.6. The van der Waals surface area contributed by atoms with Crippen molar-refractivity contribution in [2.45, 2.75) is 38.8 Å². The molecule has 1 fully saturated rings. The molecule has 1 aliphatic carbocycles. The number of imidazole rings is 1. The fourth-order valence-corrected chi connectivity index (χ4v) is 2.66. The van der Waals surface area contributed by atoms with Crippen LogP contribution in [0.3, 0.4) is 0 Å².